The van der Waals surface area contributed by atoms with Gasteiger partial charge in [-0.15, -0.1) is 0 Å². The molecule has 1 aromatic carbocycles. The van der Waals surface area contributed by atoms with Crippen molar-refractivity contribution in [1.29, 1.82) is 0 Å². The molecule has 0 aromatic heterocycles. The standard InChI is InChI=1S/C13H22N2OS/c1-4-15(5-2)9-10-17(16)12-8-6-7-11(3)13(12)14/h6-8H,4-5,9-10,14H2,1-3H3. The Bertz CT molecular complexity index is 389. The zero-order valence-electron chi connectivity index (χ0n) is 10.9. The van der Waals surface area contributed by atoms with E-state index in [1.165, 1.54) is 0 Å². The first-order chi connectivity index (χ1) is 8.10. The maximum Gasteiger partial charge on any atom is 0.0620 e. The zero-order valence-corrected chi connectivity index (χ0v) is 11.7. The highest BCUT2D eigenvalue weighted by molar-refractivity contribution is 7.85. The first-order valence-corrected chi connectivity index (χ1v) is 7.37. The summed E-state index contributed by atoms with van der Waals surface area (Å²) in [7, 11) is -0.996. The van der Waals surface area contributed by atoms with Gasteiger partial charge in [-0.1, -0.05) is 26.0 Å². The van der Waals surface area contributed by atoms with Crippen molar-refractivity contribution in [3.8, 4) is 0 Å². The highest BCUT2D eigenvalue weighted by Gasteiger charge is 2.10. The third-order valence-electron chi connectivity index (χ3n) is 3.02. The lowest BCUT2D eigenvalue weighted by atomic mass is 10.2. The monoisotopic (exact) mass is 254 g/mol. The molecule has 0 spiro atoms. The van der Waals surface area contributed by atoms with Crippen molar-refractivity contribution in [1.82, 2.24) is 4.90 Å². The SMILES string of the molecule is CCN(CC)CCS(=O)c1cccc(C)c1N. The van der Waals surface area contributed by atoms with Crippen molar-refractivity contribution in [3.63, 3.8) is 0 Å². The molecule has 4 heteroatoms. The predicted molar refractivity (Wildman–Crippen MR) is 74.7 cm³/mol. The molecule has 0 aliphatic heterocycles. The summed E-state index contributed by atoms with van der Waals surface area (Å²) in [4.78, 5) is 3.04. The molecule has 2 N–H and O–H groups in total. The van der Waals surface area contributed by atoms with E-state index in [1.807, 2.05) is 25.1 Å². The van der Waals surface area contributed by atoms with Gasteiger partial charge in [0, 0.05) is 12.3 Å². The summed E-state index contributed by atoms with van der Waals surface area (Å²) in [6.07, 6.45) is 0. The number of hydrogen-bond donors (Lipinski definition) is 1. The molecule has 0 saturated carbocycles. The van der Waals surface area contributed by atoms with Crippen LogP contribution >= 0.6 is 0 Å². The van der Waals surface area contributed by atoms with Crippen LogP contribution in [0.1, 0.15) is 19.4 Å². The lowest BCUT2D eigenvalue weighted by Gasteiger charge is -2.17. The van der Waals surface area contributed by atoms with Crippen molar-refractivity contribution >= 4 is 16.5 Å². The van der Waals surface area contributed by atoms with Crippen LogP contribution < -0.4 is 5.73 Å². The topological polar surface area (TPSA) is 46.3 Å². The highest BCUT2D eigenvalue weighted by Crippen LogP contribution is 2.20. The first-order valence-electron chi connectivity index (χ1n) is 6.06. The molecule has 0 saturated heterocycles. The lowest BCUT2D eigenvalue weighted by Crippen LogP contribution is -2.27. The van der Waals surface area contributed by atoms with Gasteiger partial charge in [0.1, 0.15) is 0 Å². The smallest absolute Gasteiger partial charge is 0.0620 e. The normalized spacial score (nSPS) is 12.9. The molecule has 0 fully saturated rings. The summed E-state index contributed by atoms with van der Waals surface area (Å²) >= 11 is 0. The highest BCUT2D eigenvalue weighted by atomic mass is 32.2. The van der Waals surface area contributed by atoms with Crippen molar-refractivity contribution in [2.45, 2.75) is 25.7 Å². The van der Waals surface area contributed by atoms with Gasteiger partial charge in [-0.25, -0.2) is 0 Å². The van der Waals surface area contributed by atoms with Gasteiger partial charge in [0.2, 0.25) is 0 Å². The van der Waals surface area contributed by atoms with Crippen LogP contribution in [-0.2, 0) is 10.8 Å². The summed E-state index contributed by atoms with van der Waals surface area (Å²) in [5, 5.41) is 0. The van der Waals surface area contributed by atoms with E-state index in [2.05, 4.69) is 18.7 Å². The van der Waals surface area contributed by atoms with Crippen molar-refractivity contribution in [3.05, 3.63) is 23.8 Å². The molecule has 0 aliphatic rings. The quantitative estimate of drug-likeness (QED) is 0.790. The minimum absolute atomic E-state index is 0.648. The van der Waals surface area contributed by atoms with Crippen LogP contribution in [0.25, 0.3) is 0 Å². The summed E-state index contributed by atoms with van der Waals surface area (Å²) in [6, 6.07) is 5.72. The van der Waals surface area contributed by atoms with Gasteiger partial charge in [-0.3, -0.25) is 4.21 Å². The average molecular weight is 254 g/mol. The summed E-state index contributed by atoms with van der Waals surface area (Å²) in [5.74, 6) is 0.648. The number of nitrogens with zero attached hydrogens (tertiary/aromatic N) is 1. The Morgan fingerprint density at radius 1 is 1.29 bits per heavy atom. The fourth-order valence-electron chi connectivity index (χ4n) is 1.71. The Labute approximate surface area is 106 Å². The first kappa shape index (κ1) is 14.2. The summed E-state index contributed by atoms with van der Waals surface area (Å²) < 4.78 is 12.2. The maximum atomic E-state index is 12.2. The van der Waals surface area contributed by atoms with Gasteiger partial charge < -0.3 is 10.6 Å². The van der Waals surface area contributed by atoms with Gasteiger partial charge in [-0.05, 0) is 31.6 Å². The Kier molecular flexibility index (Phi) is 5.65. The Morgan fingerprint density at radius 3 is 2.53 bits per heavy atom. The minimum Gasteiger partial charge on any atom is -0.398 e. The number of nitrogen functional groups attached to an aromatic ring is 1. The maximum absolute atomic E-state index is 12.2. The molecule has 17 heavy (non-hydrogen) atoms. The minimum atomic E-state index is -0.996. The van der Waals surface area contributed by atoms with Gasteiger partial charge in [0.05, 0.1) is 21.4 Å². The molecule has 0 aliphatic carbocycles. The fourth-order valence-corrected chi connectivity index (χ4v) is 2.99. The van der Waals surface area contributed by atoms with E-state index in [4.69, 9.17) is 5.73 Å². The van der Waals surface area contributed by atoms with Crippen LogP contribution in [0.3, 0.4) is 0 Å². The number of para-hydroxylation sites is 1. The molecule has 0 bridgehead atoms. The fraction of sp³-hybridized carbons (Fsp3) is 0.538. The molecule has 96 valence electrons. The molecule has 0 amide bonds. The molecule has 1 aromatic rings. The molecule has 3 nitrogen and oxygen atoms in total. The van der Waals surface area contributed by atoms with Crippen molar-refractivity contribution in [2.75, 3.05) is 31.1 Å². The van der Waals surface area contributed by atoms with Gasteiger partial charge in [0.15, 0.2) is 0 Å². The summed E-state index contributed by atoms with van der Waals surface area (Å²) in [6.45, 7) is 9.03. The average Bonchev–Trinajstić information content (AvgIpc) is 2.33. The predicted octanol–water partition coefficient (Wildman–Crippen LogP) is 2.03. The molecule has 1 atom stereocenters. The largest absolute Gasteiger partial charge is 0.398 e. The van der Waals surface area contributed by atoms with E-state index < -0.39 is 10.8 Å². The van der Waals surface area contributed by atoms with Crippen molar-refractivity contribution in [2.24, 2.45) is 0 Å². The molecule has 0 heterocycles. The lowest BCUT2D eigenvalue weighted by molar-refractivity contribution is 0.323. The third kappa shape index (κ3) is 3.82. The van der Waals surface area contributed by atoms with Gasteiger partial charge in [0.25, 0.3) is 0 Å². The second-order valence-corrected chi connectivity index (χ2v) is 5.60. The van der Waals surface area contributed by atoms with Crippen LogP contribution in [0.5, 0.6) is 0 Å². The molecule has 1 unspecified atom stereocenters. The summed E-state index contributed by atoms with van der Waals surface area (Å²) in [5.41, 5.74) is 7.62. The number of benzene rings is 1. The number of anilines is 1. The van der Waals surface area contributed by atoms with E-state index in [0.29, 0.717) is 11.4 Å². The Hall–Kier alpha value is -0.870. The van der Waals surface area contributed by atoms with E-state index in [0.717, 1.165) is 30.1 Å². The molecule has 0 radical (unpaired) electrons. The van der Waals surface area contributed by atoms with Gasteiger partial charge >= 0.3 is 0 Å². The Morgan fingerprint density at radius 2 is 1.94 bits per heavy atom. The van der Waals surface area contributed by atoms with Crippen LogP contribution in [0.15, 0.2) is 23.1 Å². The van der Waals surface area contributed by atoms with E-state index in [-0.39, 0.29) is 0 Å². The number of aryl methyl sites for hydroxylation is 1. The van der Waals surface area contributed by atoms with Crippen molar-refractivity contribution < 1.29 is 4.21 Å². The van der Waals surface area contributed by atoms with Crippen LogP contribution in [0, 0.1) is 6.92 Å². The third-order valence-corrected chi connectivity index (χ3v) is 4.42. The van der Waals surface area contributed by atoms with Crippen LogP contribution in [0.4, 0.5) is 5.69 Å². The molecular weight excluding hydrogens is 232 g/mol. The van der Waals surface area contributed by atoms with Crippen LogP contribution in [-0.4, -0.2) is 34.5 Å². The number of hydrogen-bond acceptors (Lipinski definition) is 3. The van der Waals surface area contributed by atoms with E-state index in [9.17, 15) is 4.21 Å². The molecular formula is C13H22N2OS. The van der Waals surface area contributed by atoms with Crippen LogP contribution in [0.2, 0.25) is 0 Å². The van der Waals surface area contributed by atoms with E-state index >= 15 is 0 Å². The second kappa shape index (κ2) is 6.77. The second-order valence-electron chi connectivity index (χ2n) is 4.06. The number of nitrogens with two attached hydrogens (primary N) is 1. The zero-order chi connectivity index (χ0) is 12.8. The van der Waals surface area contributed by atoms with Gasteiger partial charge in [-0.2, -0.15) is 0 Å². The Balaban J connectivity index is 2.67. The van der Waals surface area contributed by atoms with E-state index in [1.54, 1.807) is 0 Å². The number of rotatable bonds is 6. The molecule has 1 rings (SSSR count).